The molecule has 0 unspecified atom stereocenters. The molecule has 1 heterocycles. The van der Waals surface area contributed by atoms with Crippen molar-refractivity contribution in [1.29, 1.82) is 0 Å². The second-order valence-electron chi connectivity index (χ2n) is 7.41. The molecule has 1 saturated heterocycles. The van der Waals surface area contributed by atoms with Gasteiger partial charge in [-0.2, -0.15) is 0 Å². The van der Waals surface area contributed by atoms with E-state index in [-0.39, 0.29) is 6.10 Å². The minimum atomic E-state index is 0.163. The van der Waals surface area contributed by atoms with Crippen molar-refractivity contribution in [3.05, 3.63) is 29.3 Å². The monoisotopic (exact) mass is 375 g/mol. The number of piperazine rings is 1. The maximum atomic E-state index is 5.96. The number of hydrogen-bond acceptors (Lipinski definition) is 4. The fourth-order valence-corrected chi connectivity index (χ4v) is 3.23. The van der Waals surface area contributed by atoms with Gasteiger partial charge in [0.1, 0.15) is 5.75 Å². The first-order valence-electron chi connectivity index (χ1n) is 10.2. The van der Waals surface area contributed by atoms with E-state index < -0.39 is 0 Å². The molecule has 0 aromatic heterocycles. The van der Waals surface area contributed by atoms with Crippen LogP contribution >= 0.6 is 0 Å². The van der Waals surface area contributed by atoms with Gasteiger partial charge in [-0.3, -0.25) is 9.89 Å². The fraction of sp³-hybridized carbons (Fsp3) is 0.667. The molecule has 1 aromatic carbocycles. The molecule has 0 saturated carbocycles. The van der Waals surface area contributed by atoms with Gasteiger partial charge >= 0.3 is 0 Å². The first-order valence-corrected chi connectivity index (χ1v) is 10.2. The molecule has 6 heteroatoms. The summed E-state index contributed by atoms with van der Waals surface area (Å²) in [5.74, 6) is 1.78. The van der Waals surface area contributed by atoms with Crippen molar-refractivity contribution < 1.29 is 4.74 Å². The number of nitrogens with one attached hydrogen (secondary N) is 2. The SMILES string of the molecule is CCN1CCN(CCNC(=NC)NCc2ccc(C)cc2OC(C)C)CC1. The average Bonchev–Trinajstić information content (AvgIpc) is 2.65. The van der Waals surface area contributed by atoms with Crippen molar-refractivity contribution in [1.82, 2.24) is 20.4 Å². The Morgan fingerprint density at radius 3 is 2.48 bits per heavy atom. The molecule has 2 N–H and O–H groups in total. The first kappa shape index (κ1) is 21.5. The molecule has 1 fully saturated rings. The van der Waals surface area contributed by atoms with Crippen LogP contribution in [0.1, 0.15) is 31.9 Å². The lowest BCUT2D eigenvalue weighted by molar-refractivity contribution is 0.139. The van der Waals surface area contributed by atoms with E-state index in [1.807, 2.05) is 7.05 Å². The minimum absolute atomic E-state index is 0.163. The van der Waals surface area contributed by atoms with Crippen LogP contribution in [0.4, 0.5) is 0 Å². The number of nitrogens with zero attached hydrogens (tertiary/aromatic N) is 3. The van der Waals surface area contributed by atoms with Crippen LogP contribution < -0.4 is 15.4 Å². The summed E-state index contributed by atoms with van der Waals surface area (Å²) >= 11 is 0. The molecule has 1 aliphatic heterocycles. The van der Waals surface area contributed by atoms with Crippen molar-refractivity contribution in [2.45, 2.75) is 40.3 Å². The van der Waals surface area contributed by atoms with Gasteiger partial charge < -0.3 is 20.3 Å². The number of hydrogen-bond donors (Lipinski definition) is 2. The van der Waals surface area contributed by atoms with E-state index in [1.165, 1.54) is 18.7 Å². The molecule has 0 bridgehead atoms. The summed E-state index contributed by atoms with van der Waals surface area (Å²) in [5, 5.41) is 6.83. The maximum absolute atomic E-state index is 5.96. The molecule has 0 spiro atoms. The summed E-state index contributed by atoms with van der Waals surface area (Å²) < 4.78 is 5.96. The van der Waals surface area contributed by atoms with Gasteiger partial charge in [0.2, 0.25) is 0 Å². The molecule has 27 heavy (non-hydrogen) atoms. The number of rotatable bonds is 8. The van der Waals surface area contributed by atoms with Crippen molar-refractivity contribution in [2.24, 2.45) is 4.99 Å². The van der Waals surface area contributed by atoms with Crippen LogP contribution in [-0.4, -0.2) is 74.7 Å². The van der Waals surface area contributed by atoms with Gasteiger partial charge in [0.25, 0.3) is 0 Å². The van der Waals surface area contributed by atoms with Crippen molar-refractivity contribution in [3.63, 3.8) is 0 Å². The van der Waals surface area contributed by atoms with Crippen molar-refractivity contribution in [2.75, 3.05) is 52.9 Å². The number of aryl methyl sites for hydroxylation is 1. The highest BCUT2D eigenvalue weighted by molar-refractivity contribution is 5.79. The van der Waals surface area contributed by atoms with Gasteiger partial charge in [-0.25, -0.2) is 0 Å². The highest BCUT2D eigenvalue weighted by atomic mass is 16.5. The number of ether oxygens (including phenoxy) is 1. The number of aliphatic imine (C=N–C) groups is 1. The summed E-state index contributed by atoms with van der Waals surface area (Å²) in [7, 11) is 1.82. The zero-order chi connectivity index (χ0) is 19.6. The molecule has 1 aromatic rings. The van der Waals surface area contributed by atoms with E-state index in [1.54, 1.807) is 0 Å². The van der Waals surface area contributed by atoms with Crippen LogP contribution in [0, 0.1) is 6.92 Å². The predicted molar refractivity (Wildman–Crippen MR) is 114 cm³/mol. The van der Waals surface area contributed by atoms with Gasteiger partial charge in [0.15, 0.2) is 5.96 Å². The summed E-state index contributed by atoms with van der Waals surface area (Å²) in [6.07, 6.45) is 0.163. The second kappa shape index (κ2) is 11.1. The first-order chi connectivity index (χ1) is 13.0. The van der Waals surface area contributed by atoms with E-state index in [0.717, 1.165) is 50.0 Å². The quantitative estimate of drug-likeness (QED) is 0.538. The smallest absolute Gasteiger partial charge is 0.191 e. The Hall–Kier alpha value is -1.79. The van der Waals surface area contributed by atoms with E-state index in [4.69, 9.17) is 4.74 Å². The molecular formula is C21H37N5O. The van der Waals surface area contributed by atoms with Crippen molar-refractivity contribution >= 4 is 5.96 Å². The third-order valence-electron chi connectivity index (χ3n) is 4.89. The van der Waals surface area contributed by atoms with Gasteiger partial charge in [0.05, 0.1) is 6.10 Å². The minimum Gasteiger partial charge on any atom is -0.491 e. The molecule has 6 nitrogen and oxygen atoms in total. The van der Waals surface area contributed by atoms with E-state index >= 15 is 0 Å². The Labute approximate surface area is 165 Å². The highest BCUT2D eigenvalue weighted by Crippen LogP contribution is 2.21. The van der Waals surface area contributed by atoms with Gasteiger partial charge in [-0.1, -0.05) is 19.1 Å². The second-order valence-corrected chi connectivity index (χ2v) is 7.41. The Morgan fingerprint density at radius 2 is 1.85 bits per heavy atom. The van der Waals surface area contributed by atoms with Crippen LogP contribution in [0.15, 0.2) is 23.2 Å². The Balaban J connectivity index is 1.77. The van der Waals surface area contributed by atoms with Crippen LogP contribution in [-0.2, 0) is 6.54 Å². The third kappa shape index (κ3) is 7.39. The normalized spacial score (nSPS) is 16.6. The molecule has 0 radical (unpaired) electrons. The summed E-state index contributed by atoms with van der Waals surface area (Å²) in [6, 6.07) is 6.35. The Morgan fingerprint density at radius 1 is 1.15 bits per heavy atom. The van der Waals surface area contributed by atoms with Crippen LogP contribution in [0.25, 0.3) is 0 Å². The van der Waals surface area contributed by atoms with Gasteiger partial charge in [-0.15, -0.1) is 0 Å². The molecule has 1 aliphatic rings. The van der Waals surface area contributed by atoms with E-state index in [9.17, 15) is 0 Å². The lowest BCUT2D eigenvalue weighted by atomic mass is 10.1. The van der Waals surface area contributed by atoms with Crippen LogP contribution in [0.3, 0.4) is 0 Å². The fourth-order valence-electron chi connectivity index (χ4n) is 3.23. The molecule has 0 atom stereocenters. The van der Waals surface area contributed by atoms with Crippen LogP contribution in [0.5, 0.6) is 5.75 Å². The molecular weight excluding hydrogens is 338 g/mol. The summed E-state index contributed by atoms with van der Waals surface area (Å²) in [4.78, 5) is 9.36. The maximum Gasteiger partial charge on any atom is 0.191 e. The summed E-state index contributed by atoms with van der Waals surface area (Å²) in [6.45, 7) is 16.9. The standard InChI is InChI=1S/C21H37N5O/c1-6-25-11-13-26(14-12-25)10-9-23-21(22-5)24-16-19-8-7-18(4)15-20(19)27-17(2)3/h7-8,15,17H,6,9-14,16H2,1-5H3,(H2,22,23,24). The third-order valence-corrected chi connectivity index (χ3v) is 4.89. The Kier molecular flexibility index (Phi) is 8.88. The number of likely N-dealkylation sites (N-methyl/N-ethyl adjacent to an activating group) is 1. The number of guanidine groups is 1. The molecule has 152 valence electrons. The van der Waals surface area contributed by atoms with Crippen molar-refractivity contribution in [3.8, 4) is 5.75 Å². The molecule has 0 aliphatic carbocycles. The summed E-state index contributed by atoms with van der Waals surface area (Å²) in [5.41, 5.74) is 2.35. The zero-order valence-electron chi connectivity index (χ0n) is 17.7. The molecule has 2 rings (SSSR count). The van der Waals surface area contributed by atoms with Crippen LogP contribution in [0.2, 0.25) is 0 Å². The lowest BCUT2D eigenvalue weighted by Gasteiger charge is -2.34. The van der Waals surface area contributed by atoms with E-state index in [0.29, 0.717) is 6.54 Å². The highest BCUT2D eigenvalue weighted by Gasteiger charge is 2.14. The average molecular weight is 376 g/mol. The Bertz CT molecular complexity index is 594. The topological polar surface area (TPSA) is 52.1 Å². The number of benzene rings is 1. The predicted octanol–water partition coefficient (Wildman–Crippen LogP) is 2.08. The largest absolute Gasteiger partial charge is 0.491 e. The zero-order valence-corrected chi connectivity index (χ0v) is 17.7. The van der Waals surface area contributed by atoms with Gasteiger partial charge in [0, 0.05) is 58.4 Å². The lowest BCUT2D eigenvalue weighted by Crippen LogP contribution is -2.49. The van der Waals surface area contributed by atoms with Gasteiger partial charge in [-0.05, 0) is 38.9 Å². The molecule has 0 amide bonds. The van der Waals surface area contributed by atoms with E-state index in [2.05, 4.69) is 71.3 Å².